The first-order valence-corrected chi connectivity index (χ1v) is 12.3. The summed E-state index contributed by atoms with van der Waals surface area (Å²) < 4.78 is 0. The van der Waals surface area contributed by atoms with Crippen LogP contribution < -0.4 is 16.4 Å². The molecule has 4 N–H and O–H groups in total. The van der Waals surface area contributed by atoms with Gasteiger partial charge in [-0.1, -0.05) is 47.6 Å². The fraction of sp³-hybridized carbons (Fsp3) is 0.333. The first-order valence-electron chi connectivity index (χ1n) is 11.1. The number of rotatable bonds is 2. The van der Waals surface area contributed by atoms with Crippen LogP contribution in [0.25, 0.3) is 0 Å². The van der Waals surface area contributed by atoms with E-state index in [1.165, 1.54) is 22.9 Å². The summed E-state index contributed by atoms with van der Waals surface area (Å²) >= 11 is 7.75. The van der Waals surface area contributed by atoms with Gasteiger partial charge in [0.25, 0.3) is 0 Å². The van der Waals surface area contributed by atoms with Crippen molar-refractivity contribution in [3.05, 3.63) is 70.3 Å². The number of benzene rings is 1. The molecule has 2 aliphatic heterocycles. The predicted molar refractivity (Wildman–Crippen MR) is 133 cm³/mol. The Morgan fingerprint density at radius 1 is 1.12 bits per heavy atom. The van der Waals surface area contributed by atoms with Crippen molar-refractivity contribution in [2.45, 2.75) is 36.7 Å². The van der Waals surface area contributed by atoms with Gasteiger partial charge in [0.15, 0.2) is 0 Å². The van der Waals surface area contributed by atoms with Crippen LogP contribution >= 0.6 is 23.4 Å². The molecule has 0 amide bonds. The highest BCUT2D eigenvalue weighted by Gasteiger charge is 2.46. The van der Waals surface area contributed by atoms with Gasteiger partial charge in [-0.3, -0.25) is 4.99 Å². The average Bonchev–Trinajstić information content (AvgIpc) is 3.36. The van der Waals surface area contributed by atoms with Crippen LogP contribution in [0.5, 0.6) is 0 Å². The van der Waals surface area contributed by atoms with E-state index in [-0.39, 0.29) is 11.5 Å². The summed E-state index contributed by atoms with van der Waals surface area (Å²) in [5, 5.41) is 1.25. The molecular weight excluding hydrogens is 454 g/mol. The predicted octanol–water partition coefficient (Wildman–Crippen LogP) is 4.00. The largest absolute Gasteiger partial charge is 0.382 e. The molecule has 6 rings (SSSR count). The fourth-order valence-corrected chi connectivity index (χ4v) is 6.43. The van der Waals surface area contributed by atoms with Crippen molar-refractivity contribution in [3.63, 3.8) is 0 Å². The van der Waals surface area contributed by atoms with E-state index in [2.05, 4.69) is 39.1 Å². The molecule has 1 spiro atoms. The summed E-state index contributed by atoms with van der Waals surface area (Å²) in [6.07, 6.45) is 6.70. The van der Waals surface area contributed by atoms with Gasteiger partial charge in [-0.05, 0) is 41.9 Å². The van der Waals surface area contributed by atoms with Crippen LogP contribution in [0.15, 0.2) is 52.6 Å². The number of aliphatic imine (C=N–C) groups is 1. The fourth-order valence-electron chi connectivity index (χ4n) is 5.27. The molecule has 0 radical (unpaired) electrons. The van der Waals surface area contributed by atoms with E-state index in [4.69, 9.17) is 33.0 Å². The Morgan fingerprint density at radius 3 is 2.76 bits per heavy atom. The van der Waals surface area contributed by atoms with Crippen LogP contribution in [0.2, 0.25) is 5.02 Å². The van der Waals surface area contributed by atoms with Crippen LogP contribution in [-0.2, 0) is 13.0 Å². The number of thioether (sulfide) groups is 1. The van der Waals surface area contributed by atoms with Crippen LogP contribution in [-0.4, -0.2) is 33.1 Å². The van der Waals surface area contributed by atoms with Crippen molar-refractivity contribution in [3.8, 4) is 0 Å². The molecule has 7 nitrogen and oxygen atoms in total. The Balaban J connectivity index is 1.16. The molecule has 1 aliphatic carbocycles. The van der Waals surface area contributed by atoms with E-state index in [0.717, 1.165) is 59.5 Å². The minimum absolute atomic E-state index is 0.115. The first-order chi connectivity index (χ1) is 16.0. The number of hydrogen-bond donors (Lipinski definition) is 2. The second-order valence-corrected chi connectivity index (χ2v) is 10.4. The van der Waals surface area contributed by atoms with Crippen LogP contribution in [0.3, 0.4) is 0 Å². The van der Waals surface area contributed by atoms with Crippen molar-refractivity contribution >= 4 is 40.0 Å². The Kier molecular flexibility index (Phi) is 5.05. The molecule has 9 heteroatoms. The summed E-state index contributed by atoms with van der Waals surface area (Å²) in [4.78, 5) is 21.5. The third kappa shape index (κ3) is 3.48. The van der Waals surface area contributed by atoms with Crippen LogP contribution in [0, 0.1) is 5.41 Å². The van der Waals surface area contributed by atoms with Gasteiger partial charge in [0.05, 0.1) is 23.5 Å². The van der Waals surface area contributed by atoms with Crippen LogP contribution in [0.4, 0.5) is 11.6 Å². The van der Waals surface area contributed by atoms with Gasteiger partial charge in [-0.15, -0.1) is 0 Å². The number of pyridine rings is 1. The monoisotopic (exact) mass is 477 g/mol. The molecule has 1 fully saturated rings. The normalized spacial score (nSPS) is 20.6. The molecule has 168 valence electrons. The standard InChI is InChI=1S/C24H24ClN7S/c25-19-17(5-8-28-22(19)27)33-23-20-16(12-30-23)31-18(13-29-20)32-9-6-24(7-10-32)11-14-3-1-2-4-15(14)21(24)26/h1-5,8,13,21H,6-7,9-12,26H2,(H2,27,28)/t21-/m0/s1. The number of nitrogens with zero attached hydrogens (tertiary/aromatic N) is 5. The van der Waals surface area contributed by atoms with E-state index < -0.39 is 0 Å². The minimum Gasteiger partial charge on any atom is -0.382 e. The van der Waals surface area contributed by atoms with E-state index in [9.17, 15) is 0 Å². The Morgan fingerprint density at radius 2 is 1.94 bits per heavy atom. The van der Waals surface area contributed by atoms with Gasteiger partial charge in [0.2, 0.25) is 0 Å². The van der Waals surface area contributed by atoms with Crippen molar-refractivity contribution in [2.24, 2.45) is 16.1 Å². The molecule has 0 bridgehead atoms. The van der Waals surface area contributed by atoms with Crippen molar-refractivity contribution in [2.75, 3.05) is 23.7 Å². The maximum absolute atomic E-state index is 6.73. The molecule has 1 aromatic carbocycles. The SMILES string of the molecule is Nc1nccc(SC2=NCc3nc(N4CCC5(CC4)Cc4ccccc4[C@@H]5N)cnc32)c1Cl. The highest BCUT2D eigenvalue weighted by Crippen LogP contribution is 2.51. The molecule has 33 heavy (non-hydrogen) atoms. The first kappa shape index (κ1) is 20.9. The summed E-state index contributed by atoms with van der Waals surface area (Å²) in [5.74, 6) is 1.23. The number of nitrogens with two attached hydrogens (primary N) is 2. The number of anilines is 2. The topological polar surface area (TPSA) is 106 Å². The minimum atomic E-state index is 0.115. The highest BCUT2D eigenvalue weighted by atomic mass is 35.5. The van der Waals surface area contributed by atoms with Crippen molar-refractivity contribution in [1.29, 1.82) is 0 Å². The van der Waals surface area contributed by atoms with Crippen LogP contribution in [0.1, 0.15) is 41.4 Å². The Labute approximate surface area is 201 Å². The molecule has 1 atom stereocenters. The lowest BCUT2D eigenvalue weighted by Gasteiger charge is -2.42. The number of hydrogen-bond acceptors (Lipinski definition) is 8. The Hall–Kier alpha value is -2.68. The van der Waals surface area contributed by atoms with Gasteiger partial charge < -0.3 is 16.4 Å². The zero-order chi connectivity index (χ0) is 22.6. The van der Waals surface area contributed by atoms with Gasteiger partial charge >= 0.3 is 0 Å². The van der Waals surface area contributed by atoms with E-state index >= 15 is 0 Å². The highest BCUT2D eigenvalue weighted by molar-refractivity contribution is 8.14. The summed E-state index contributed by atoms with van der Waals surface area (Å²) in [7, 11) is 0. The maximum atomic E-state index is 6.73. The molecule has 1 saturated heterocycles. The third-order valence-corrected chi connectivity index (χ3v) is 8.76. The van der Waals surface area contributed by atoms with Crippen molar-refractivity contribution in [1.82, 2.24) is 15.0 Å². The van der Waals surface area contributed by atoms with E-state index in [0.29, 0.717) is 17.4 Å². The van der Waals surface area contributed by atoms with Gasteiger partial charge in [-0.25, -0.2) is 15.0 Å². The third-order valence-electron chi connectivity index (χ3n) is 7.17. The maximum Gasteiger partial charge on any atom is 0.147 e. The van der Waals surface area contributed by atoms with Gasteiger partial charge in [0.1, 0.15) is 22.4 Å². The average molecular weight is 478 g/mol. The number of aromatic nitrogens is 3. The van der Waals surface area contributed by atoms with Gasteiger partial charge in [0, 0.05) is 30.2 Å². The Bertz CT molecular complexity index is 1270. The summed E-state index contributed by atoms with van der Waals surface area (Å²) in [5.41, 5.74) is 17.2. The molecule has 3 aliphatic rings. The zero-order valence-corrected chi connectivity index (χ0v) is 19.6. The molecule has 0 saturated carbocycles. The number of halogens is 1. The number of fused-ring (bicyclic) bond motifs is 2. The number of piperidine rings is 1. The summed E-state index contributed by atoms with van der Waals surface area (Å²) in [6, 6.07) is 10.6. The zero-order valence-electron chi connectivity index (χ0n) is 18.0. The number of nitrogen functional groups attached to an aromatic ring is 1. The lowest BCUT2D eigenvalue weighted by atomic mass is 9.73. The molecule has 4 heterocycles. The second kappa shape index (κ2) is 7.97. The lowest BCUT2D eigenvalue weighted by molar-refractivity contribution is 0.187. The van der Waals surface area contributed by atoms with E-state index in [1.807, 2.05) is 12.3 Å². The second-order valence-electron chi connectivity index (χ2n) is 8.96. The van der Waals surface area contributed by atoms with Gasteiger partial charge in [-0.2, -0.15) is 0 Å². The quantitative estimate of drug-likeness (QED) is 0.574. The van der Waals surface area contributed by atoms with E-state index in [1.54, 1.807) is 6.20 Å². The summed E-state index contributed by atoms with van der Waals surface area (Å²) in [6.45, 7) is 2.39. The molecule has 2 aromatic heterocycles. The van der Waals surface area contributed by atoms with Crippen molar-refractivity contribution < 1.29 is 0 Å². The molecular formula is C24H24ClN7S. The molecule has 0 unspecified atom stereocenters. The smallest absolute Gasteiger partial charge is 0.147 e. The lowest BCUT2D eigenvalue weighted by Crippen LogP contribution is -2.44. The molecule has 3 aromatic rings.